The number of para-hydroxylation sites is 1. The van der Waals surface area contributed by atoms with E-state index in [9.17, 15) is 14.0 Å². The van der Waals surface area contributed by atoms with Crippen LogP contribution in [0, 0.1) is 5.82 Å². The minimum absolute atomic E-state index is 0.0294. The highest BCUT2D eigenvalue weighted by Crippen LogP contribution is 2.21. The predicted molar refractivity (Wildman–Crippen MR) is 70.0 cm³/mol. The van der Waals surface area contributed by atoms with Gasteiger partial charge in [0.05, 0.1) is 16.8 Å². The van der Waals surface area contributed by atoms with Crippen molar-refractivity contribution in [1.29, 1.82) is 0 Å². The second-order valence-corrected chi connectivity index (χ2v) is 3.86. The van der Waals surface area contributed by atoms with Crippen LogP contribution in [-0.2, 0) is 0 Å². The van der Waals surface area contributed by atoms with Gasteiger partial charge in [-0.1, -0.05) is 6.07 Å². The molecule has 0 fully saturated rings. The van der Waals surface area contributed by atoms with E-state index in [0.29, 0.717) is 0 Å². The van der Waals surface area contributed by atoms with Gasteiger partial charge in [0.2, 0.25) is 0 Å². The standard InChI is InChI=1S/C13H10FN3O3/c14-9-5-1-3-7(13(19)20)10(9)17-12(18)8-4-2-6-16-11(8)15/h1-6H,(H2,15,16)(H,17,18)(H,19,20). The third-order valence-corrected chi connectivity index (χ3v) is 2.57. The van der Waals surface area contributed by atoms with Crippen LogP contribution in [0.3, 0.4) is 0 Å². The fourth-order valence-corrected chi connectivity index (χ4v) is 1.62. The first kappa shape index (κ1) is 13.5. The molecule has 0 radical (unpaired) electrons. The number of carboxylic acids is 1. The topological polar surface area (TPSA) is 105 Å². The Kier molecular flexibility index (Phi) is 3.60. The van der Waals surface area contributed by atoms with Crippen LogP contribution in [0.4, 0.5) is 15.9 Å². The van der Waals surface area contributed by atoms with Crippen molar-refractivity contribution in [1.82, 2.24) is 4.98 Å². The molecule has 1 amide bonds. The number of benzene rings is 1. The molecule has 0 saturated carbocycles. The molecule has 1 aromatic heterocycles. The summed E-state index contributed by atoms with van der Waals surface area (Å²) in [4.78, 5) is 26.7. The highest BCUT2D eigenvalue weighted by atomic mass is 19.1. The molecule has 0 aliphatic rings. The number of nitrogen functional groups attached to an aromatic ring is 1. The minimum atomic E-state index is -1.35. The summed E-state index contributed by atoms with van der Waals surface area (Å²) in [5.74, 6) is -2.96. The number of hydrogen-bond acceptors (Lipinski definition) is 4. The Labute approximate surface area is 113 Å². The smallest absolute Gasteiger partial charge is 0.337 e. The molecule has 102 valence electrons. The van der Waals surface area contributed by atoms with E-state index >= 15 is 0 Å². The van der Waals surface area contributed by atoms with Crippen molar-refractivity contribution in [2.45, 2.75) is 0 Å². The van der Waals surface area contributed by atoms with E-state index < -0.39 is 23.4 Å². The van der Waals surface area contributed by atoms with Gasteiger partial charge in [0.15, 0.2) is 0 Å². The summed E-state index contributed by atoms with van der Waals surface area (Å²) in [6.45, 7) is 0. The number of nitrogens with one attached hydrogen (secondary N) is 1. The van der Waals surface area contributed by atoms with Crippen LogP contribution in [0.15, 0.2) is 36.5 Å². The minimum Gasteiger partial charge on any atom is -0.478 e. The first-order valence-corrected chi connectivity index (χ1v) is 5.54. The summed E-state index contributed by atoms with van der Waals surface area (Å²) >= 11 is 0. The highest BCUT2D eigenvalue weighted by molar-refractivity contribution is 6.09. The number of rotatable bonds is 3. The van der Waals surface area contributed by atoms with Crippen molar-refractivity contribution >= 4 is 23.4 Å². The average molecular weight is 275 g/mol. The number of carbonyl (C=O) groups is 2. The Bertz CT molecular complexity index is 688. The fraction of sp³-hybridized carbons (Fsp3) is 0. The number of aromatic carboxylic acids is 1. The maximum Gasteiger partial charge on any atom is 0.337 e. The van der Waals surface area contributed by atoms with E-state index in [1.165, 1.54) is 30.5 Å². The van der Waals surface area contributed by atoms with Gasteiger partial charge in [-0.15, -0.1) is 0 Å². The molecule has 1 aromatic carbocycles. The molecule has 0 aliphatic heterocycles. The summed E-state index contributed by atoms with van der Waals surface area (Å²) in [5, 5.41) is 11.2. The lowest BCUT2D eigenvalue weighted by atomic mass is 10.1. The van der Waals surface area contributed by atoms with E-state index in [1.807, 2.05) is 0 Å². The Morgan fingerprint density at radius 1 is 1.20 bits per heavy atom. The average Bonchev–Trinajstić information content (AvgIpc) is 2.41. The zero-order valence-electron chi connectivity index (χ0n) is 10.1. The number of nitrogens with two attached hydrogens (primary N) is 1. The molecular weight excluding hydrogens is 265 g/mol. The first-order valence-electron chi connectivity index (χ1n) is 5.54. The molecule has 7 heteroatoms. The normalized spacial score (nSPS) is 10.1. The number of nitrogens with zero attached hydrogens (tertiary/aromatic N) is 1. The van der Waals surface area contributed by atoms with Gasteiger partial charge in [0.1, 0.15) is 11.6 Å². The van der Waals surface area contributed by atoms with Gasteiger partial charge in [-0.2, -0.15) is 0 Å². The van der Waals surface area contributed by atoms with Gasteiger partial charge in [0, 0.05) is 6.20 Å². The van der Waals surface area contributed by atoms with Crippen LogP contribution in [0.25, 0.3) is 0 Å². The molecule has 1 heterocycles. The summed E-state index contributed by atoms with van der Waals surface area (Å²) in [6, 6.07) is 6.37. The van der Waals surface area contributed by atoms with Gasteiger partial charge >= 0.3 is 5.97 Å². The fourth-order valence-electron chi connectivity index (χ4n) is 1.62. The Balaban J connectivity index is 2.38. The van der Waals surface area contributed by atoms with Crippen LogP contribution in [0.2, 0.25) is 0 Å². The van der Waals surface area contributed by atoms with Gasteiger partial charge in [-0.05, 0) is 24.3 Å². The molecule has 4 N–H and O–H groups in total. The first-order chi connectivity index (χ1) is 9.50. The summed E-state index contributed by atoms with van der Waals surface area (Å²) < 4.78 is 13.7. The SMILES string of the molecule is Nc1ncccc1C(=O)Nc1c(F)cccc1C(=O)O. The molecule has 2 rings (SSSR count). The molecule has 0 unspecified atom stereocenters. The van der Waals surface area contributed by atoms with Gasteiger partial charge in [0.25, 0.3) is 5.91 Å². The highest BCUT2D eigenvalue weighted by Gasteiger charge is 2.18. The Hall–Kier alpha value is -2.96. The lowest BCUT2D eigenvalue weighted by molar-refractivity contribution is 0.0697. The lowest BCUT2D eigenvalue weighted by Gasteiger charge is -2.10. The maximum atomic E-state index is 13.7. The summed E-state index contributed by atoms with van der Waals surface area (Å²) in [6.07, 6.45) is 1.40. The van der Waals surface area contributed by atoms with Crippen molar-refractivity contribution < 1.29 is 19.1 Å². The Morgan fingerprint density at radius 2 is 1.90 bits per heavy atom. The second kappa shape index (κ2) is 5.35. The zero-order valence-corrected chi connectivity index (χ0v) is 10.1. The second-order valence-electron chi connectivity index (χ2n) is 3.86. The van der Waals surface area contributed by atoms with Crippen molar-refractivity contribution in [2.75, 3.05) is 11.1 Å². The summed E-state index contributed by atoms with van der Waals surface area (Å²) in [7, 11) is 0. The number of carboxylic acid groups (broad SMARTS) is 1. The van der Waals surface area contributed by atoms with Crippen molar-refractivity contribution in [3.63, 3.8) is 0 Å². The van der Waals surface area contributed by atoms with Gasteiger partial charge in [-0.25, -0.2) is 14.2 Å². The van der Waals surface area contributed by atoms with Crippen LogP contribution in [0.5, 0.6) is 0 Å². The van der Waals surface area contributed by atoms with Crippen molar-refractivity contribution in [2.24, 2.45) is 0 Å². The molecule has 0 bridgehead atoms. The molecule has 0 atom stereocenters. The molecule has 2 aromatic rings. The largest absolute Gasteiger partial charge is 0.478 e. The van der Waals surface area contributed by atoms with Crippen LogP contribution < -0.4 is 11.1 Å². The van der Waals surface area contributed by atoms with Gasteiger partial charge < -0.3 is 16.2 Å². The number of hydrogen-bond donors (Lipinski definition) is 3. The quantitative estimate of drug-likeness (QED) is 0.791. The summed E-state index contributed by atoms with van der Waals surface area (Å²) in [5.41, 5.74) is 4.81. The number of halogens is 1. The van der Waals surface area contributed by atoms with Crippen molar-refractivity contribution in [3.05, 3.63) is 53.5 Å². The molecule has 20 heavy (non-hydrogen) atoms. The van der Waals surface area contributed by atoms with E-state index in [1.54, 1.807) is 0 Å². The third kappa shape index (κ3) is 2.56. The monoisotopic (exact) mass is 275 g/mol. The van der Waals surface area contributed by atoms with E-state index in [0.717, 1.165) is 6.07 Å². The molecular formula is C13H10FN3O3. The number of carbonyl (C=O) groups excluding carboxylic acids is 1. The van der Waals surface area contributed by atoms with E-state index in [2.05, 4.69) is 10.3 Å². The van der Waals surface area contributed by atoms with Crippen LogP contribution in [0.1, 0.15) is 20.7 Å². The maximum absolute atomic E-state index is 13.7. The molecule has 0 saturated heterocycles. The van der Waals surface area contributed by atoms with Crippen LogP contribution >= 0.6 is 0 Å². The van der Waals surface area contributed by atoms with Crippen molar-refractivity contribution in [3.8, 4) is 0 Å². The Morgan fingerprint density at radius 3 is 2.55 bits per heavy atom. The van der Waals surface area contributed by atoms with E-state index in [4.69, 9.17) is 10.8 Å². The number of amides is 1. The number of anilines is 2. The van der Waals surface area contributed by atoms with Crippen LogP contribution in [-0.4, -0.2) is 22.0 Å². The van der Waals surface area contributed by atoms with E-state index in [-0.39, 0.29) is 16.9 Å². The third-order valence-electron chi connectivity index (χ3n) is 2.57. The zero-order chi connectivity index (χ0) is 14.7. The molecule has 0 spiro atoms. The lowest BCUT2D eigenvalue weighted by Crippen LogP contribution is -2.18. The molecule has 6 nitrogen and oxygen atoms in total. The number of pyridine rings is 1. The van der Waals surface area contributed by atoms with Gasteiger partial charge in [-0.3, -0.25) is 4.79 Å². The predicted octanol–water partition coefficient (Wildman–Crippen LogP) is 1.75. The number of aromatic nitrogens is 1. The molecule has 0 aliphatic carbocycles.